The predicted octanol–water partition coefficient (Wildman–Crippen LogP) is 2.27. The average Bonchev–Trinajstić information content (AvgIpc) is 2.46. The summed E-state index contributed by atoms with van der Waals surface area (Å²) in [5.74, 6) is -0.912. The van der Waals surface area contributed by atoms with Gasteiger partial charge in [0.25, 0.3) is 0 Å². The van der Waals surface area contributed by atoms with E-state index in [-0.39, 0.29) is 5.56 Å². The molecule has 5 nitrogen and oxygen atoms in total. The van der Waals surface area contributed by atoms with Gasteiger partial charge in [0.2, 0.25) is 0 Å². The van der Waals surface area contributed by atoms with Crippen molar-refractivity contribution in [2.24, 2.45) is 5.10 Å². The molecule has 1 aliphatic heterocycles. The lowest BCUT2D eigenvalue weighted by Crippen LogP contribution is -2.33. The molecule has 1 aromatic carbocycles. The van der Waals surface area contributed by atoms with Gasteiger partial charge in [0.1, 0.15) is 0 Å². The molecule has 1 aliphatic rings. The second kappa shape index (κ2) is 6.33. The second-order valence-electron chi connectivity index (χ2n) is 4.61. The Kier molecular flexibility index (Phi) is 4.52. The maximum absolute atomic E-state index is 10.7. The summed E-state index contributed by atoms with van der Waals surface area (Å²) in [6, 6.07) is 6.61. The molecular weight excluding hydrogens is 242 g/mol. The van der Waals surface area contributed by atoms with Gasteiger partial charge in [-0.05, 0) is 30.8 Å². The van der Waals surface area contributed by atoms with Gasteiger partial charge in [-0.2, -0.15) is 5.10 Å². The molecular formula is C14H19N3O2. The third kappa shape index (κ3) is 3.79. The summed E-state index contributed by atoms with van der Waals surface area (Å²) in [5.41, 5.74) is 5.26. The number of anilines is 1. The summed E-state index contributed by atoms with van der Waals surface area (Å²) in [6.45, 7) is 5.39. The molecule has 2 N–H and O–H groups in total. The summed E-state index contributed by atoms with van der Waals surface area (Å²) in [7, 11) is 0. The SMILES string of the molecule is CCN1CCC(=NNc2ccc(C(=O)O)cc2)CC1. The van der Waals surface area contributed by atoms with Crippen LogP contribution >= 0.6 is 0 Å². The highest BCUT2D eigenvalue weighted by Gasteiger charge is 2.12. The van der Waals surface area contributed by atoms with Gasteiger partial charge in [-0.1, -0.05) is 6.92 Å². The zero-order valence-electron chi connectivity index (χ0n) is 11.1. The van der Waals surface area contributed by atoms with E-state index in [0.29, 0.717) is 0 Å². The standard InChI is InChI=1S/C14H19N3O2/c1-2-17-9-7-13(8-10-17)16-15-12-5-3-11(4-6-12)14(18)19/h3-6,15H,2,7-10H2,1H3,(H,18,19). The van der Waals surface area contributed by atoms with Crippen molar-refractivity contribution >= 4 is 17.4 Å². The van der Waals surface area contributed by atoms with E-state index >= 15 is 0 Å². The highest BCUT2D eigenvalue weighted by molar-refractivity contribution is 5.88. The van der Waals surface area contributed by atoms with Crippen molar-refractivity contribution in [2.45, 2.75) is 19.8 Å². The van der Waals surface area contributed by atoms with Crippen molar-refractivity contribution in [3.63, 3.8) is 0 Å². The Morgan fingerprint density at radius 1 is 1.32 bits per heavy atom. The molecule has 1 saturated heterocycles. The maximum Gasteiger partial charge on any atom is 0.335 e. The molecule has 0 aliphatic carbocycles. The molecule has 1 fully saturated rings. The molecule has 0 amide bonds. The minimum Gasteiger partial charge on any atom is -0.478 e. The molecule has 0 atom stereocenters. The monoisotopic (exact) mass is 261 g/mol. The Morgan fingerprint density at radius 3 is 2.47 bits per heavy atom. The lowest BCUT2D eigenvalue weighted by molar-refractivity contribution is 0.0697. The number of nitrogens with zero attached hydrogens (tertiary/aromatic N) is 2. The van der Waals surface area contributed by atoms with Crippen LogP contribution in [-0.2, 0) is 0 Å². The van der Waals surface area contributed by atoms with Gasteiger partial charge in [0, 0.05) is 31.6 Å². The van der Waals surface area contributed by atoms with Crippen LogP contribution in [0.2, 0.25) is 0 Å². The molecule has 0 unspecified atom stereocenters. The Hall–Kier alpha value is -1.88. The number of piperidine rings is 1. The number of carboxylic acids is 1. The fourth-order valence-corrected chi connectivity index (χ4v) is 2.07. The van der Waals surface area contributed by atoms with Gasteiger partial charge >= 0.3 is 5.97 Å². The molecule has 0 saturated carbocycles. The van der Waals surface area contributed by atoms with Crippen LogP contribution in [-0.4, -0.2) is 41.3 Å². The Bertz CT molecular complexity index is 458. The van der Waals surface area contributed by atoms with Gasteiger partial charge in [0.05, 0.1) is 11.3 Å². The normalized spacial score (nSPS) is 16.2. The first-order valence-electron chi connectivity index (χ1n) is 6.56. The molecule has 0 bridgehead atoms. The van der Waals surface area contributed by atoms with Gasteiger partial charge in [-0.15, -0.1) is 0 Å². The van der Waals surface area contributed by atoms with Crippen LogP contribution in [0.5, 0.6) is 0 Å². The number of nitrogens with one attached hydrogen (secondary N) is 1. The van der Waals surface area contributed by atoms with Crippen molar-refractivity contribution in [3.05, 3.63) is 29.8 Å². The van der Waals surface area contributed by atoms with Crippen molar-refractivity contribution in [1.29, 1.82) is 0 Å². The third-order valence-corrected chi connectivity index (χ3v) is 3.36. The van der Waals surface area contributed by atoms with Gasteiger partial charge < -0.3 is 10.0 Å². The summed E-state index contributed by atoms with van der Waals surface area (Å²) in [5, 5.41) is 13.2. The Labute approximate surface area is 112 Å². The van der Waals surface area contributed by atoms with Crippen LogP contribution < -0.4 is 5.43 Å². The molecule has 1 heterocycles. The van der Waals surface area contributed by atoms with E-state index in [1.54, 1.807) is 24.3 Å². The summed E-state index contributed by atoms with van der Waals surface area (Å²) in [6.07, 6.45) is 1.99. The average molecular weight is 261 g/mol. The number of hydrogen-bond donors (Lipinski definition) is 2. The number of benzene rings is 1. The molecule has 0 radical (unpaired) electrons. The molecule has 19 heavy (non-hydrogen) atoms. The van der Waals surface area contributed by atoms with E-state index in [9.17, 15) is 4.79 Å². The smallest absolute Gasteiger partial charge is 0.335 e. The quantitative estimate of drug-likeness (QED) is 0.816. The lowest BCUT2D eigenvalue weighted by atomic mass is 10.1. The Morgan fingerprint density at radius 2 is 1.95 bits per heavy atom. The zero-order chi connectivity index (χ0) is 13.7. The first kappa shape index (κ1) is 13.5. The number of hydrogen-bond acceptors (Lipinski definition) is 4. The molecule has 0 aromatic heterocycles. The van der Waals surface area contributed by atoms with Crippen LogP contribution in [0.3, 0.4) is 0 Å². The fourth-order valence-electron chi connectivity index (χ4n) is 2.07. The van der Waals surface area contributed by atoms with Crippen molar-refractivity contribution in [2.75, 3.05) is 25.1 Å². The molecule has 102 valence electrons. The number of likely N-dealkylation sites (tertiary alicyclic amines) is 1. The van der Waals surface area contributed by atoms with Crippen LogP contribution in [0, 0.1) is 0 Å². The van der Waals surface area contributed by atoms with Gasteiger partial charge in [-0.25, -0.2) is 4.79 Å². The van der Waals surface area contributed by atoms with Crippen LogP contribution in [0.25, 0.3) is 0 Å². The van der Waals surface area contributed by atoms with Crippen molar-refractivity contribution < 1.29 is 9.90 Å². The zero-order valence-corrected chi connectivity index (χ0v) is 11.1. The van der Waals surface area contributed by atoms with E-state index in [4.69, 9.17) is 5.11 Å². The minimum absolute atomic E-state index is 0.287. The fraction of sp³-hybridized carbons (Fsp3) is 0.429. The molecule has 2 rings (SSSR count). The van der Waals surface area contributed by atoms with Crippen LogP contribution in [0.4, 0.5) is 5.69 Å². The van der Waals surface area contributed by atoms with Crippen LogP contribution in [0.1, 0.15) is 30.1 Å². The number of carboxylic acid groups (broad SMARTS) is 1. The van der Waals surface area contributed by atoms with Gasteiger partial charge in [0.15, 0.2) is 0 Å². The number of rotatable bonds is 4. The summed E-state index contributed by atoms with van der Waals surface area (Å²) >= 11 is 0. The third-order valence-electron chi connectivity index (χ3n) is 3.36. The van der Waals surface area contributed by atoms with Crippen LogP contribution in [0.15, 0.2) is 29.4 Å². The van der Waals surface area contributed by atoms with E-state index in [2.05, 4.69) is 22.4 Å². The molecule has 5 heteroatoms. The van der Waals surface area contributed by atoms with E-state index in [0.717, 1.165) is 38.2 Å². The highest BCUT2D eigenvalue weighted by atomic mass is 16.4. The topological polar surface area (TPSA) is 64.9 Å². The number of carbonyl (C=O) groups is 1. The Balaban J connectivity index is 1.90. The van der Waals surface area contributed by atoms with E-state index in [1.165, 1.54) is 5.71 Å². The maximum atomic E-state index is 10.7. The lowest BCUT2D eigenvalue weighted by Gasteiger charge is -2.25. The number of hydrazone groups is 1. The largest absolute Gasteiger partial charge is 0.478 e. The minimum atomic E-state index is -0.912. The summed E-state index contributed by atoms with van der Waals surface area (Å²) in [4.78, 5) is 13.1. The second-order valence-corrected chi connectivity index (χ2v) is 4.61. The molecule has 0 spiro atoms. The first-order chi connectivity index (χ1) is 9.19. The number of aromatic carboxylic acids is 1. The van der Waals surface area contributed by atoms with E-state index in [1.807, 2.05) is 0 Å². The first-order valence-corrected chi connectivity index (χ1v) is 6.56. The van der Waals surface area contributed by atoms with Gasteiger partial charge in [-0.3, -0.25) is 5.43 Å². The predicted molar refractivity (Wildman–Crippen MR) is 75.8 cm³/mol. The highest BCUT2D eigenvalue weighted by Crippen LogP contribution is 2.11. The summed E-state index contributed by atoms with van der Waals surface area (Å²) < 4.78 is 0. The van der Waals surface area contributed by atoms with E-state index < -0.39 is 5.97 Å². The molecule has 1 aromatic rings. The van der Waals surface area contributed by atoms with Crippen molar-refractivity contribution in [3.8, 4) is 0 Å². The van der Waals surface area contributed by atoms with Crippen molar-refractivity contribution in [1.82, 2.24) is 4.90 Å².